The number of aromatic nitrogens is 1. The third-order valence-electron chi connectivity index (χ3n) is 3.14. The van der Waals surface area contributed by atoms with E-state index in [1.54, 1.807) is 6.20 Å². The van der Waals surface area contributed by atoms with Gasteiger partial charge in [0.05, 0.1) is 6.10 Å². The van der Waals surface area contributed by atoms with E-state index in [9.17, 15) is 9.90 Å². The highest BCUT2D eigenvalue weighted by molar-refractivity contribution is 6.27. The molecule has 1 unspecified atom stereocenters. The minimum absolute atomic E-state index is 0.0315. The number of alkyl halides is 1. The molecule has 0 radical (unpaired) electrons. The summed E-state index contributed by atoms with van der Waals surface area (Å²) in [5.41, 5.74) is 0.975. The topological polar surface area (TPSA) is 65.5 Å². The summed E-state index contributed by atoms with van der Waals surface area (Å²) in [6, 6.07) is 3.80. The number of aliphatic hydroxyl groups is 1. The lowest BCUT2D eigenvalue weighted by Gasteiger charge is -2.31. The number of anilines is 1. The van der Waals surface area contributed by atoms with Gasteiger partial charge in [-0.1, -0.05) is 0 Å². The summed E-state index contributed by atoms with van der Waals surface area (Å²) in [5.74, 6) is 0.626. The van der Waals surface area contributed by atoms with Crippen LogP contribution in [0.2, 0.25) is 0 Å². The summed E-state index contributed by atoms with van der Waals surface area (Å²) in [6.45, 7) is 1.96. The van der Waals surface area contributed by atoms with Crippen LogP contribution in [0.5, 0.6) is 0 Å². The molecule has 0 spiro atoms. The number of aliphatic hydroxyl groups excluding tert-OH is 1. The Morgan fingerprint density at radius 1 is 1.63 bits per heavy atom. The maximum absolute atomic E-state index is 11.1. The number of hydrogen-bond acceptors (Lipinski definition) is 4. The van der Waals surface area contributed by atoms with Crippen LogP contribution < -0.4 is 10.2 Å². The first kappa shape index (κ1) is 14.1. The number of carbonyl (C=O) groups is 1. The number of β-amino-alcohol motifs (C(OH)–C–C–N with tert-alkyl or cyclic N) is 1. The Bertz CT molecular complexity index is 442. The Morgan fingerprint density at radius 3 is 3.21 bits per heavy atom. The highest BCUT2D eigenvalue weighted by Crippen LogP contribution is 2.18. The largest absolute Gasteiger partial charge is 0.391 e. The molecule has 1 aliphatic heterocycles. The molecule has 1 aromatic heterocycles. The molecular formula is C13H18ClN3O2. The normalized spacial score (nSPS) is 19.3. The lowest BCUT2D eigenvalue weighted by molar-refractivity contribution is -0.118. The van der Waals surface area contributed by atoms with Crippen molar-refractivity contribution in [3.8, 4) is 0 Å². The predicted molar refractivity (Wildman–Crippen MR) is 74.3 cm³/mol. The summed E-state index contributed by atoms with van der Waals surface area (Å²) < 4.78 is 0. The van der Waals surface area contributed by atoms with Crippen molar-refractivity contribution >= 4 is 23.3 Å². The Morgan fingerprint density at radius 2 is 2.47 bits per heavy atom. The average molecular weight is 284 g/mol. The number of halogens is 1. The molecule has 6 heteroatoms. The molecule has 0 saturated carbocycles. The molecule has 1 atom stereocenters. The van der Waals surface area contributed by atoms with Crippen molar-refractivity contribution in [2.24, 2.45) is 0 Å². The molecule has 1 amide bonds. The van der Waals surface area contributed by atoms with Crippen LogP contribution in [0.3, 0.4) is 0 Å². The van der Waals surface area contributed by atoms with Crippen LogP contribution in [0.15, 0.2) is 18.3 Å². The van der Waals surface area contributed by atoms with E-state index >= 15 is 0 Å². The number of nitrogens with zero attached hydrogens (tertiary/aromatic N) is 2. The standard InChI is InChI=1S/C13H18ClN3O2/c14-7-13(19)16-8-10-3-4-15-12(6-10)17-5-1-2-11(18)9-17/h3-4,6,11,18H,1-2,5,7-9H2,(H,16,19). The number of hydrogen-bond donors (Lipinski definition) is 2. The molecule has 104 valence electrons. The van der Waals surface area contributed by atoms with Crippen LogP contribution in [0.4, 0.5) is 5.82 Å². The van der Waals surface area contributed by atoms with E-state index in [2.05, 4.69) is 15.2 Å². The fourth-order valence-corrected chi connectivity index (χ4v) is 2.25. The number of piperidine rings is 1. The smallest absolute Gasteiger partial charge is 0.235 e. The Kier molecular flexibility index (Phi) is 4.99. The van der Waals surface area contributed by atoms with Crippen molar-refractivity contribution in [1.29, 1.82) is 0 Å². The van der Waals surface area contributed by atoms with Crippen molar-refractivity contribution in [2.75, 3.05) is 23.9 Å². The van der Waals surface area contributed by atoms with E-state index in [4.69, 9.17) is 11.6 Å². The maximum Gasteiger partial charge on any atom is 0.235 e. The monoisotopic (exact) mass is 283 g/mol. The Hall–Kier alpha value is -1.33. The highest BCUT2D eigenvalue weighted by atomic mass is 35.5. The van der Waals surface area contributed by atoms with Crippen molar-refractivity contribution in [2.45, 2.75) is 25.5 Å². The van der Waals surface area contributed by atoms with Crippen molar-refractivity contribution in [3.05, 3.63) is 23.9 Å². The third kappa shape index (κ3) is 4.08. The minimum Gasteiger partial charge on any atom is -0.391 e. The number of pyridine rings is 1. The number of nitrogens with one attached hydrogen (secondary N) is 1. The number of carbonyl (C=O) groups excluding carboxylic acids is 1. The van der Waals surface area contributed by atoms with E-state index < -0.39 is 0 Å². The molecule has 1 aromatic rings. The van der Waals surface area contributed by atoms with Gasteiger partial charge < -0.3 is 15.3 Å². The van der Waals surface area contributed by atoms with Gasteiger partial charge in [-0.15, -0.1) is 11.6 Å². The average Bonchev–Trinajstić information content (AvgIpc) is 2.45. The van der Waals surface area contributed by atoms with Gasteiger partial charge in [-0.3, -0.25) is 4.79 Å². The highest BCUT2D eigenvalue weighted by Gasteiger charge is 2.18. The van der Waals surface area contributed by atoms with Gasteiger partial charge in [0.2, 0.25) is 5.91 Å². The fourth-order valence-electron chi connectivity index (χ4n) is 2.15. The minimum atomic E-state index is -0.282. The fraction of sp³-hybridized carbons (Fsp3) is 0.538. The molecule has 1 fully saturated rings. The molecule has 1 saturated heterocycles. The summed E-state index contributed by atoms with van der Waals surface area (Å²) in [7, 11) is 0. The molecular weight excluding hydrogens is 266 g/mol. The SMILES string of the molecule is O=C(CCl)NCc1ccnc(N2CCCC(O)C2)c1. The molecule has 2 N–H and O–H groups in total. The second-order valence-corrected chi connectivity index (χ2v) is 4.94. The van der Waals surface area contributed by atoms with Gasteiger partial charge in [0.25, 0.3) is 0 Å². The molecule has 0 aromatic carbocycles. The van der Waals surface area contributed by atoms with Crippen molar-refractivity contribution in [3.63, 3.8) is 0 Å². The number of amides is 1. The lowest BCUT2D eigenvalue weighted by atomic mass is 10.1. The molecule has 2 rings (SSSR count). The zero-order chi connectivity index (χ0) is 13.7. The second-order valence-electron chi connectivity index (χ2n) is 4.67. The second kappa shape index (κ2) is 6.73. The molecule has 19 heavy (non-hydrogen) atoms. The van der Waals surface area contributed by atoms with E-state index in [-0.39, 0.29) is 17.9 Å². The van der Waals surface area contributed by atoms with Gasteiger partial charge in [-0.25, -0.2) is 4.98 Å². The van der Waals surface area contributed by atoms with E-state index in [0.29, 0.717) is 13.1 Å². The molecule has 2 heterocycles. The number of rotatable bonds is 4. The van der Waals surface area contributed by atoms with Crippen LogP contribution >= 0.6 is 11.6 Å². The van der Waals surface area contributed by atoms with Crippen LogP contribution in [0.1, 0.15) is 18.4 Å². The van der Waals surface area contributed by atoms with Gasteiger partial charge in [0.1, 0.15) is 11.7 Å². The maximum atomic E-state index is 11.1. The van der Waals surface area contributed by atoms with Crippen molar-refractivity contribution in [1.82, 2.24) is 10.3 Å². The third-order valence-corrected chi connectivity index (χ3v) is 3.38. The predicted octanol–water partition coefficient (Wildman–Crippen LogP) is 0.898. The van der Waals surface area contributed by atoms with Gasteiger partial charge >= 0.3 is 0 Å². The van der Waals surface area contributed by atoms with Crippen LogP contribution in [-0.2, 0) is 11.3 Å². The summed E-state index contributed by atoms with van der Waals surface area (Å²) in [5, 5.41) is 12.4. The van der Waals surface area contributed by atoms with Crippen LogP contribution in [0, 0.1) is 0 Å². The first-order valence-corrected chi connectivity index (χ1v) is 6.93. The molecule has 1 aliphatic rings. The summed E-state index contributed by atoms with van der Waals surface area (Å²) >= 11 is 5.43. The first-order chi connectivity index (χ1) is 9.19. The van der Waals surface area contributed by atoms with Crippen molar-refractivity contribution < 1.29 is 9.90 Å². The van der Waals surface area contributed by atoms with Crippen LogP contribution in [-0.4, -0.2) is 41.1 Å². The summed E-state index contributed by atoms with van der Waals surface area (Å²) in [4.78, 5) is 17.5. The van der Waals surface area contributed by atoms with Gasteiger partial charge in [-0.2, -0.15) is 0 Å². The Labute approximate surface area is 117 Å². The molecule has 0 bridgehead atoms. The Balaban J connectivity index is 2.00. The van der Waals surface area contributed by atoms with Gasteiger partial charge in [0, 0.05) is 25.8 Å². The zero-order valence-corrected chi connectivity index (χ0v) is 11.4. The summed E-state index contributed by atoms with van der Waals surface area (Å²) in [6.07, 6.45) is 3.26. The molecule has 5 nitrogen and oxygen atoms in total. The zero-order valence-electron chi connectivity index (χ0n) is 10.7. The van der Waals surface area contributed by atoms with E-state index in [0.717, 1.165) is 30.8 Å². The lowest BCUT2D eigenvalue weighted by Crippen LogP contribution is -2.38. The molecule has 0 aliphatic carbocycles. The van der Waals surface area contributed by atoms with Crippen LogP contribution in [0.25, 0.3) is 0 Å². The van der Waals surface area contributed by atoms with Gasteiger partial charge in [0.15, 0.2) is 0 Å². The van der Waals surface area contributed by atoms with E-state index in [1.165, 1.54) is 0 Å². The quantitative estimate of drug-likeness (QED) is 0.806. The first-order valence-electron chi connectivity index (χ1n) is 6.39. The van der Waals surface area contributed by atoms with Gasteiger partial charge in [-0.05, 0) is 30.5 Å². The van der Waals surface area contributed by atoms with E-state index in [1.807, 2.05) is 12.1 Å².